The maximum Gasteiger partial charge on any atom is 0.249 e. The molecule has 5 heteroatoms. The molecule has 1 aliphatic carbocycles. The van der Waals surface area contributed by atoms with Crippen molar-refractivity contribution in [3.05, 3.63) is 0 Å². The van der Waals surface area contributed by atoms with Crippen LogP contribution in [-0.2, 0) is 14.3 Å². The van der Waals surface area contributed by atoms with Crippen LogP contribution in [0.2, 0.25) is 0 Å². The molecule has 0 aliphatic heterocycles. The number of amides is 2. The van der Waals surface area contributed by atoms with Gasteiger partial charge < -0.3 is 15.4 Å². The lowest BCUT2D eigenvalue weighted by Crippen LogP contribution is -2.43. The highest BCUT2D eigenvalue weighted by atomic mass is 16.5. The minimum absolute atomic E-state index is 0.0142. The number of ether oxygens (including phenoxy) is 1. The molecule has 0 aromatic heterocycles. The van der Waals surface area contributed by atoms with E-state index in [1.807, 2.05) is 13.8 Å². The highest BCUT2D eigenvalue weighted by molar-refractivity contribution is 5.86. The van der Waals surface area contributed by atoms with Gasteiger partial charge in [0.1, 0.15) is 6.10 Å². The number of hydrogen-bond donors (Lipinski definition) is 2. The quantitative estimate of drug-likeness (QED) is 0.754. The van der Waals surface area contributed by atoms with E-state index in [1.54, 1.807) is 6.92 Å². The zero-order chi connectivity index (χ0) is 15.8. The molecule has 1 saturated carbocycles. The molecule has 0 spiro atoms. The van der Waals surface area contributed by atoms with Crippen LogP contribution in [0, 0.1) is 11.8 Å². The SMILES string of the molecule is CC(C)CNC(=O)CNC(=O)C(C)OC1CCCC(C)C1. The lowest BCUT2D eigenvalue weighted by Gasteiger charge is -2.28. The molecule has 0 heterocycles. The second-order valence-corrected chi connectivity index (χ2v) is 6.59. The molecule has 2 N–H and O–H groups in total. The summed E-state index contributed by atoms with van der Waals surface area (Å²) < 4.78 is 5.81. The summed E-state index contributed by atoms with van der Waals surface area (Å²) in [6.45, 7) is 8.67. The number of rotatable bonds is 7. The van der Waals surface area contributed by atoms with Gasteiger partial charge in [-0.1, -0.05) is 33.6 Å². The van der Waals surface area contributed by atoms with Gasteiger partial charge in [0, 0.05) is 6.54 Å². The van der Waals surface area contributed by atoms with Crippen molar-refractivity contribution in [3.8, 4) is 0 Å². The number of carbonyl (C=O) groups excluding carboxylic acids is 2. The zero-order valence-electron chi connectivity index (χ0n) is 13.8. The Morgan fingerprint density at radius 1 is 1.19 bits per heavy atom. The van der Waals surface area contributed by atoms with Crippen molar-refractivity contribution in [3.63, 3.8) is 0 Å². The Balaban J connectivity index is 2.23. The van der Waals surface area contributed by atoms with Gasteiger partial charge in [-0.05, 0) is 31.6 Å². The van der Waals surface area contributed by atoms with Crippen molar-refractivity contribution < 1.29 is 14.3 Å². The molecule has 1 rings (SSSR count). The molecular formula is C16H30N2O3. The molecule has 3 atom stereocenters. The molecule has 0 radical (unpaired) electrons. The highest BCUT2D eigenvalue weighted by Gasteiger charge is 2.24. The van der Waals surface area contributed by atoms with E-state index in [0.29, 0.717) is 18.4 Å². The van der Waals surface area contributed by atoms with Gasteiger partial charge in [-0.25, -0.2) is 0 Å². The first-order valence-corrected chi connectivity index (χ1v) is 8.08. The van der Waals surface area contributed by atoms with Crippen molar-refractivity contribution in [2.45, 2.75) is 65.6 Å². The van der Waals surface area contributed by atoms with Crippen LogP contribution in [0.1, 0.15) is 53.4 Å². The highest BCUT2D eigenvalue weighted by Crippen LogP contribution is 2.26. The average molecular weight is 298 g/mol. The van der Waals surface area contributed by atoms with Gasteiger partial charge in [0.25, 0.3) is 0 Å². The number of nitrogens with one attached hydrogen (secondary N) is 2. The van der Waals surface area contributed by atoms with Crippen LogP contribution in [0.15, 0.2) is 0 Å². The van der Waals surface area contributed by atoms with Gasteiger partial charge in [-0.3, -0.25) is 9.59 Å². The molecule has 122 valence electrons. The van der Waals surface area contributed by atoms with Crippen molar-refractivity contribution in [1.82, 2.24) is 10.6 Å². The third-order valence-corrected chi connectivity index (χ3v) is 3.78. The van der Waals surface area contributed by atoms with E-state index >= 15 is 0 Å². The summed E-state index contributed by atoms with van der Waals surface area (Å²) in [5, 5.41) is 5.40. The Morgan fingerprint density at radius 2 is 1.90 bits per heavy atom. The summed E-state index contributed by atoms with van der Waals surface area (Å²) >= 11 is 0. The fourth-order valence-electron chi connectivity index (χ4n) is 2.54. The van der Waals surface area contributed by atoms with E-state index in [2.05, 4.69) is 17.6 Å². The minimum atomic E-state index is -0.502. The molecule has 0 bridgehead atoms. The van der Waals surface area contributed by atoms with Gasteiger partial charge >= 0.3 is 0 Å². The molecule has 0 aromatic carbocycles. The van der Waals surface area contributed by atoms with Crippen LogP contribution in [0.3, 0.4) is 0 Å². The first-order valence-electron chi connectivity index (χ1n) is 8.08. The Kier molecular flexibility index (Phi) is 7.72. The molecule has 3 unspecified atom stereocenters. The van der Waals surface area contributed by atoms with E-state index in [9.17, 15) is 9.59 Å². The Morgan fingerprint density at radius 3 is 2.52 bits per heavy atom. The number of carbonyl (C=O) groups is 2. The van der Waals surface area contributed by atoms with Crippen LogP contribution < -0.4 is 10.6 Å². The fraction of sp³-hybridized carbons (Fsp3) is 0.875. The maximum absolute atomic E-state index is 11.9. The Hall–Kier alpha value is -1.10. The summed E-state index contributed by atoms with van der Waals surface area (Å²) in [4.78, 5) is 23.5. The van der Waals surface area contributed by atoms with E-state index < -0.39 is 6.10 Å². The van der Waals surface area contributed by atoms with Crippen LogP contribution >= 0.6 is 0 Å². The van der Waals surface area contributed by atoms with Crippen molar-refractivity contribution in [2.75, 3.05) is 13.1 Å². The topological polar surface area (TPSA) is 67.4 Å². The summed E-state index contributed by atoms with van der Waals surface area (Å²) in [6, 6.07) is 0. The summed E-state index contributed by atoms with van der Waals surface area (Å²) in [6.07, 6.45) is 4.12. The first-order chi connectivity index (χ1) is 9.88. The predicted molar refractivity (Wildman–Crippen MR) is 82.8 cm³/mol. The lowest BCUT2D eigenvalue weighted by molar-refractivity contribution is -0.138. The van der Waals surface area contributed by atoms with Crippen LogP contribution in [0.5, 0.6) is 0 Å². The molecule has 0 saturated heterocycles. The third-order valence-electron chi connectivity index (χ3n) is 3.78. The average Bonchev–Trinajstić information content (AvgIpc) is 2.42. The van der Waals surface area contributed by atoms with Gasteiger partial charge in [0.15, 0.2) is 0 Å². The van der Waals surface area contributed by atoms with Gasteiger partial charge in [0.2, 0.25) is 11.8 Å². The molecule has 0 aromatic rings. The molecule has 1 fully saturated rings. The number of hydrogen-bond acceptors (Lipinski definition) is 3. The fourth-order valence-corrected chi connectivity index (χ4v) is 2.54. The Labute approximate surface area is 128 Å². The second kappa shape index (κ2) is 9.03. The van der Waals surface area contributed by atoms with Crippen molar-refractivity contribution in [1.29, 1.82) is 0 Å². The summed E-state index contributed by atoms with van der Waals surface area (Å²) in [7, 11) is 0. The first kappa shape index (κ1) is 18.0. The standard InChI is InChI=1S/C16H30N2O3/c1-11(2)9-17-15(19)10-18-16(20)13(4)21-14-7-5-6-12(3)8-14/h11-14H,5-10H2,1-4H3,(H,17,19)(H,18,20). The second-order valence-electron chi connectivity index (χ2n) is 6.59. The maximum atomic E-state index is 11.9. The van der Waals surface area contributed by atoms with E-state index in [1.165, 1.54) is 6.42 Å². The Bertz CT molecular complexity index is 344. The van der Waals surface area contributed by atoms with E-state index in [0.717, 1.165) is 19.3 Å². The molecule has 1 aliphatic rings. The van der Waals surface area contributed by atoms with Gasteiger partial charge in [-0.15, -0.1) is 0 Å². The molecular weight excluding hydrogens is 268 g/mol. The van der Waals surface area contributed by atoms with Crippen LogP contribution in [0.4, 0.5) is 0 Å². The van der Waals surface area contributed by atoms with Crippen LogP contribution in [0.25, 0.3) is 0 Å². The summed E-state index contributed by atoms with van der Waals surface area (Å²) in [5.41, 5.74) is 0. The largest absolute Gasteiger partial charge is 0.365 e. The molecule has 2 amide bonds. The molecule has 5 nitrogen and oxygen atoms in total. The zero-order valence-corrected chi connectivity index (χ0v) is 13.8. The predicted octanol–water partition coefficient (Wildman–Crippen LogP) is 1.86. The van der Waals surface area contributed by atoms with E-state index in [4.69, 9.17) is 4.74 Å². The van der Waals surface area contributed by atoms with Crippen molar-refractivity contribution in [2.24, 2.45) is 11.8 Å². The van der Waals surface area contributed by atoms with Crippen LogP contribution in [-0.4, -0.2) is 37.1 Å². The van der Waals surface area contributed by atoms with Gasteiger partial charge in [0.05, 0.1) is 12.6 Å². The van der Waals surface area contributed by atoms with Crippen molar-refractivity contribution >= 4 is 11.8 Å². The normalized spacial score (nSPS) is 23.7. The monoisotopic (exact) mass is 298 g/mol. The molecule has 21 heavy (non-hydrogen) atoms. The smallest absolute Gasteiger partial charge is 0.249 e. The third kappa shape index (κ3) is 7.46. The van der Waals surface area contributed by atoms with E-state index in [-0.39, 0.29) is 24.5 Å². The lowest BCUT2D eigenvalue weighted by atomic mass is 9.88. The van der Waals surface area contributed by atoms with Gasteiger partial charge in [-0.2, -0.15) is 0 Å². The summed E-state index contributed by atoms with van der Waals surface area (Å²) in [5.74, 6) is 0.699. The minimum Gasteiger partial charge on any atom is -0.365 e.